The average molecular weight is 208 g/mol. The molecule has 0 saturated carbocycles. The Morgan fingerprint density at radius 2 is 2.20 bits per heavy atom. The minimum Gasteiger partial charge on any atom is -0.352 e. The first kappa shape index (κ1) is 11.7. The van der Waals surface area contributed by atoms with E-state index >= 15 is 0 Å². The van der Waals surface area contributed by atoms with Crippen molar-refractivity contribution in [2.24, 2.45) is 5.90 Å². The Bertz CT molecular complexity index is 326. The van der Waals surface area contributed by atoms with E-state index in [0.717, 1.165) is 5.56 Å². The lowest BCUT2D eigenvalue weighted by Crippen LogP contribution is -2.26. The van der Waals surface area contributed by atoms with Gasteiger partial charge in [-0.05, 0) is 25.0 Å². The van der Waals surface area contributed by atoms with Crippen molar-refractivity contribution in [2.45, 2.75) is 13.3 Å². The molecule has 0 aliphatic heterocycles. The van der Waals surface area contributed by atoms with E-state index in [1.54, 1.807) is 0 Å². The molecule has 0 radical (unpaired) electrons. The molecule has 1 aromatic rings. The van der Waals surface area contributed by atoms with Crippen LogP contribution >= 0.6 is 0 Å². The van der Waals surface area contributed by atoms with Crippen molar-refractivity contribution in [1.29, 1.82) is 0 Å². The molecule has 0 unspecified atom stereocenters. The van der Waals surface area contributed by atoms with Gasteiger partial charge in [-0.15, -0.1) is 0 Å². The van der Waals surface area contributed by atoms with Crippen LogP contribution in [-0.4, -0.2) is 19.1 Å². The Labute approximate surface area is 89.4 Å². The molecular weight excluding hydrogens is 192 g/mol. The quantitative estimate of drug-likeness (QED) is 0.560. The summed E-state index contributed by atoms with van der Waals surface area (Å²) in [7, 11) is 0. The van der Waals surface area contributed by atoms with E-state index in [-0.39, 0.29) is 5.91 Å². The number of benzene rings is 1. The number of amides is 1. The first-order chi connectivity index (χ1) is 7.25. The summed E-state index contributed by atoms with van der Waals surface area (Å²) in [6.45, 7) is 2.94. The molecule has 4 heteroatoms. The standard InChI is InChI=1S/C11H16N2O2/c1-9-5-2-3-6-10(9)11(14)13-7-4-8-15-12/h2-3,5-6H,4,7-8,12H2,1H3,(H,13,14). The van der Waals surface area contributed by atoms with Gasteiger partial charge in [0.1, 0.15) is 0 Å². The number of hydrogen-bond donors (Lipinski definition) is 2. The molecule has 0 aliphatic rings. The Kier molecular flexibility index (Phi) is 4.80. The summed E-state index contributed by atoms with van der Waals surface area (Å²) in [6.07, 6.45) is 0.716. The normalized spacial score (nSPS) is 10.0. The molecule has 0 spiro atoms. The highest BCUT2D eigenvalue weighted by molar-refractivity contribution is 5.95. The molecule has 1 amide bonds. The summed E-state index contributed by atoms with van der Waals surface area (Å²) < 4.78 is 0. The zero-order chi connectivity index (χ0) is 11.1. The topological polar surface area (TPSA) is 64.3 Å². The van der Waals surface area contributed by atoms with E-state index in [0.29, 0.717) is 25.1 Å². The van der Waals surface area contributed by atoms with Gasteiger partial charge in [-0.3, -0.25) is 4.79 Å². The second-order valence-electron chi connectivity index (χ2n) is 3.30. The highest BCUT2D eigenvalue weighted by Gasteiger charge is 2.06. The lowest BCUT2D eigenvalue weighted by Gasteiger charge is -2.06. The van der Waals surface area contributed by atoms with Gasteiger partial charge in [0.25, 0.3) is 5.91 Å². The Hall–Kier alpha value is -1.39. The summed E-state index contributed by atoms with van der Waals surface area (Å²) >= 11 is 0. The molecule has 4 nitrogen and oxygen atoms in total. The Morgan fingerprint density at radius 1 is 1.47 bits per heavy atom. The number of nitrogens with one attached hydrogen (secondary N) is 1. The molecule has 0 saturated heterocycles. The van der Waals surface area contributed by atoms with Gasteiger partial charge in [0.15, 0.2) is 0 Å². The molecule has 0 bridgehead atoms. The molecule has 0 heterocycles. The number of rotatable bonds is 5. The molecule has 0 fully saturated rings. The van der Waals surface area contributed by atoms with Crippen LogP contribution in [0.5, 0.6) is 0 Å². The van der Waals surface area contributed by atoms with Gasteiger partial charge < -0.3 is 10.2 Å². The summed E-state index contributed by atoms with van der Waals surface area (Å²) in [6, 6.07) is 7.49. The third kappa shape index (κ3) is 3.69. The predicted octanol–water partition coefficient (Wildman–Crippen LogP) is 1.01. The van der Waals surface area contributed by atoms with Crippen LogP contribution in [0.4, 0.5) is 0 Å². The maximum Gasteiger partial charge on any atom is 0.251 e. The third-order valence-corrected chi connectivity index (χ3v) is 2.11. The lowest BCUT2D eigenvalue weighted by atomic mass is 10.1. The van der Waals surface area contributed by atoms with Crippen molar-refractivity contribution in [2.75, 3.05) is 13.2 Å². The monoisotopic (exact) mass is 208 g/mol. The minimum absolute atomic E-state index is 0.0508. The van der Waals surface area contributed by atoms with Crippen LogP contribution < -0.4 is 11.2 Å². The molecule has 15 heavy (non-hydrogen) atoms. The van der Waals surface area contributed by atoms with Gasteiger partial charge in [-0.1, -0.05) is 18.2 Å². The predicted molar refractivity (Wildman–Crippen MR) is 58.3 cm³/mol. The molecule has 82 valence electrons. The van der Waals surface area contributed by atoms with Gasteiger partial charge in [0, 0.05) is 12.1 Å². The van der Waals surface area contributed by atoms with Crippen LogP contribution in [0.15, 0.2) is 24.3 Å². The molecule has 0 aromatic heterocycles. The minimum atomic E-state index is -0.0508. The fraction of sp³-hybridized carbons (Fsp3) is 0.364. The van der Waals surface area contributed by atoms with E-state index in [4.69, 9.17) is 5.90 Å². The van der Waals surface area contributed by atoms with Crippen LogP contribution in [0, 0.1) is 6.92 Å². The van der Waals surface area contributed by atoms with E-state index in [2.05, 4.69) is 10.2 Å². The fourth-order valence-electron chi connectivity index (χ4n) is 1.28. The summed E-state index contributed by atoms with van der Waals surface area (Å²) in [4.78, 5) is 16.0. The van der Waals surface area contributed by atoms with Gasteiger partial charge >= 0.3 is 0 Å². The molecule has 0 atom stereocenters. The number of carbonyl (C=O) groups is 1. The number of carbonyl (C=O) groups excluding carboxylic acids is 1. The van der Waals surface area contributed by atoms with Gasteiger partial charge in [-0.25, -0.2) is 5.90 Å². The maximum absolute atomic E-state index is 11.6. The van der Waals surface area contributed by atoms with Crippen LogP contribution in [0.1, 0.15) is 22.3 Å². The summed E-state index contributed by atoms with van der Waals surface area (Å²) in [5, 5.41) is 2.80. The Balaban J connectivity index is 2.44. The summed E-state index contributed by atoms with van der Waals surface area (Å²) in [5.41, 5.74) is 1.69. The highest BCUT2D eigenvalue weighted by Crippen LogP contribution is 2.06. The zero-order valence-electron chi connectivity index (χ0n) is 8.82. The van der Waals surface area contributed by atoms with E-state index in [9.17, 15) is 4.79 Å². The first-order valence-electron chi connectivity index (χ1n) is 4.91. The van der Waals surface area contributed by atoms with E-state index in [1.165, 1.54) is 0 Å². The second-order valence-corrected chi connectivity index (χ2v) is 3.30. The number of nitrogens with two attached hydrogens (primary N) is 1. The molecule has 3 N–H and O–H groups in total. The van der Waals surface area contributed by atoms with Crippen molar-refractivity contribution < 1.29 is 9.63 Å². The third-order valence-electron chi connectivity index (χ3n) is 2.11. The fourth-order valence-corrected chi connectivity index (χ4v) is 1.28. The maximum atomic E-state index is 11.6. The zero-order valence-corrected chi connectivity index (χ0v) is 8.82. The highest BCUT2D eigenvalue weighted by atomic mass is 16.6. The van der Waals surface area contributed by atoms with E-state index < -0.39 is 0 Å². The lowest BCUT2D eigenvalue weighted by molar-refractivity contribution is 0.0941. The van der Waals surface area contributed by atoms with Crippen molar-refractivity contribution in [3.63, 3.8) is 0 Å². The van der Waals surface area contributed by atoms with Crippen molar-refractivity contribution in [3.8, 4) is 0 Å². The Morgan fingerprint density at radius 3 is 2.87 bits per heavy atom. The number of aryl methyl sites for hydroxylation is 1. The van der Waals surface area contributed by atoms with E-state index in [1.807, 2.05) is 31.2 Å². The van der Waals surface area contributed by atoms with Crippen molar-refractivity contribution >= 4 is 5.91 Å². The van der Waals surface area contributed by atoms with Crippen LogP contribution in [0.25, 0.3) is 0 Å². The van der Waals surface area contributed by atoms with Crippen molar-refractivity contribution in [1.82, 2.24) is 5.32 Å². The van der Waals surface area contributed by atoms with Crippen LogP contribution in [0.2, 0.25) is 0 Å². The smallest absolute Gasteiger partial charge is 0.251 e. The van der Waals surface area contributed by atoms with Gasteiger partial charge in [-0.2, -0.15) is 0 Å². The SMILES string of the molecule is Cc1ccccc1C(=O)NCCCON. The second kappa shape index (κ2) is 6.16. The van der Waals surface area contributed by atoms with Gasteiger partial charge in [0.05, 0.1) is 6.61 Å². The molecule has 1 aromatic carbocycles. The molecular formula is C11H16N2O2. The summed E-state index contributed by atoms with van der Waals surface area (Å²) in [5.74, 6) is 4.82. The van der Waals surface area contributed by atoms with Crippen molar-refractivity contribution in [3.05, 3.63) is 35.4 Å². The first-order valence-corrected chi connectivity index (χ1v) is 4.91. The number of hydrogen-bond acceptors (Lipinski definition) is 3. The largest absolute Gasteiger partial charge is 0.352 e. The van der Waals surface area contributed by atoms with Crippen LogP contribution in [-0.2, 0) is 4.84 Å². The van der Waals surface area contributed by atoms with Crippen LogP contribution in [0.3, 0.4) is 0 Å². The molecule has 0 aliphatic carbocycles. The van der Waals surface area contributed by atoms with Gasteiger partial charge in [0.2, 0.25) is 0 Å². The average Bonchev–Trinajstić information content (AvgIpc) is 2.25. The molecule has 1 rings (SSSR count).